The van der Waals surface area contributed by atoms with Gasteiger partial charge in [0, 0.05) is 19.6 Å². The number of anilines is 1. The maximum absolute atomic E-state index is 12.5. The van der Waals surface area contributed by atoms with E-state index in [4.69, 9.17) is 9.47 Å². The van der Waals surface area contributed by atoms with E-state index in [1.165, 1.54) is 0 Å². The van der Waals surface area contributed by atoms with Crippen LogP contribution in [0, 0.1) is 0 Å². The third kappa shape index (κ3) is 5.19. The maximum atomic E-state index is 12.5. The molecule has 2 fully saturated rings. The highest BCUT2D eigenvalue weighted by atomic mass is 16.5. The molecule has 8 heteroatoms. The summed E-state index contributed by atoms with van der Waals surface area (Å²) in [5.41, 5.74) is 1.19. The molecule has 2 aliphatic rings. The van der Waals surface area contributed by atoms with Crippen LogP contribution >= 0.6 is 0 Å². The molecule has 8 nitrogen and oxygen atoms in total. The first-order chi connectivity index (χ1) is 13.1. The quantitative estimate of drug-likeness (QED) is 0.726. The summed E-state index contributed by atoms with van der Waals surface area (Å²) in [5, 5.41) is 5.40. The van der Waals surface area contributed by atoms with Crippen LogP contribution in [0.25, 0.3) is 0 Å². The predicted molar refractivity (Wildman–Crippen MR) is 98.5 cm³/mol. The highest BCUT2D eigenvalue weighted by Crippen LogP contribution is 2.22. The van der Waals surface area contributed by atoms with Crippen LogP contribution in [0.3, 0.4) is 0 Å². The first-order valence-corrected chi connectivity index (χ1v) is 9.31. The smallest absolute Gasteiger partial charge is 0.340 e. The Morgan fingerprint density at radius 3 is 2.81 bits per heavy atom. The topological polar surface area (TPSA) is 97.0 Å². The van der Waals surface area contributed by atoms with Gasteiger partial charge in [0.05, 0.1) is 24.5 Å². The Hall–Kier alpha value is -2.61. The highest BCUT2D eigenvalue weighted by molar-refractivity contribution is 5.97. The van der Waals surface area contributed by atoms with Crippen LogP contribution in [0.4, 0.5) is 5.69 Å². The van der Waals surface area contributed by atoms with Gasteiger partial charge in [0.1, 0.15) is 6.04 Å². The van der Waals surface area contributed by atoms with E-state index in [0.29, 0.717) is 44.8 Å². The second-order valence-electron chi connectivity index (χ2n) is 6.60. The van der Waals surface area contributed by atoms with Crippen molar-refractivity contribution in [1.82, 2.24) is 10.6 Å². The van der Waals surface area contributed by atoms with Gasteiger partial charge in [-0.1, -0.05) is 12.1 Å². The van der Waals surface area contributed by atoms with Crippen LogP contribution in [0.2, 0.25) is 0 Å². The van der Waals surface area contributed by atoms with Crippen molar-refractivity contribution in [3.63, 3.8) is 0 Å². The Morgan fingerprint density at radius 1 is 1.22 bits per heavy atom. The number of ether oxygens (including phenoxy) is 2. The van der Waals surface area contributed by atoms with Crippen molar-refractivity contribution in [1.29, 1.82) is 0 Å². The average molecular weight is 375 g/mol. The Kier molecular flexibility index (Phi) is 6.64. The van der Waals surface area contributed by atoms with E-state index in [9.17, 15) is 14.4 Å². The van der Waals surface area contributed by atoms with Crippen molar-refractivity contribution >= 4 is 23.5 Å². The van der Waals surface area contributed by atoms with E-state index >= 15 is 0 Å². The standard InChI is InChI=1S/C19H25N3O5/c23-17(21-15-6-3-4-8-20-18(15)24)13-27-19(25)14-5-1-2-7-16(14)22-9-11-26-12-10-22/h1-2,5,7,15H,3-4,6,8-13H2,(H,20,24)(H,21,23). The van der Waals surface area contributed by atoms with Gasteiger partial charge in [-0.2, -0.15) is 0 Å². The van der Waals surface area contributed by atoms with Gasteiger partial charge in [-0.15, -0.1) is 0 Å². The van der Waals surface area contributed by atoms with Crippen LogP contribution in [0.15, 0.2) is 24.3 Å². The summed E-state index contributed by atoms with van der Waals surface area (Å²) in [7, 11) is 0. The molecule has 3 rings (SSSR count). The van der Waals surface area contributed by atoms with E-state index in [1.807, 2.05) is 12.1 Å². The summed E-state index contributed by atoms with van der Waals surface area (Å²) in [4.78, 5) is 38.5. The van der Waals surface area contributed by atoms with Gasteiger partial charge < -0.3 is 25.0 Å². The molecule has 2 amide bonds. The number of carbonyl (C=O) groups excluding carboxylic acids is 3. The van der Waals surface area contributed by atoms with Crippen LogP contribution < -0.4 is 15.5 Å². The van der Waals surface area contributed by atoms with Crippen molar-refractivity contribution in [2.75, 3.05) is 44.4 Å². The molecule has 0 radical (unpaired) electrons. The Morgan fingerprint density at radius 2 is 2.00 bits per heavy atom. The third-order valence-corrected chi connectivity index (χ3v) is 4.68. The molecule has 2 saturated heterocycles. The van der Waals surface area contributed by atoms with Crippen LogP contribution in [0.5, 0.6) is 0 Å². The van der Waals surface area contributed by atoms with E-state index in [0.717, 1.165) is 18.5 Å². The number of morpholine rings is 1. The molecule has 2 N–H and O–H groups in total. The Labute approximate surface area is 158 Å². The molecule has 2 heterocycles. The average Bonchev–Trinajstić information content (AvgIpc) is 2.91. The number of amides is 2. The molecule has 1 aromatic rings. The summed E-state index contributed by atoms with van der Waals surface area (Å²) < 4.78 is 10.5. The fraction of sp³-hybridized carbons (Fsp3) is 0.526. The van der Waals surface area contributed by atoms with E-state index in [1.54, 1.807) is 12.1 Å². The number of hydrogen-bond donors (Lipinski definition) is 2. The zero-order chi connectivity index (χ0) is 19.1. The minimum Gasteiger partial charge on any atom is -0.452 e. The Balaban J connectivity index is 1.56. The number of nitrogens with one attached hydrogen (secondary N) is 2. The van der Waals surface area contributed by atoms with E-state index < -0.39 is 24.5 Å². The van der Waals surface area contributed by atoms with Gasteiger partial charge in [-0.3, -0.25) is 9.59 Å². The van der Waals surface area contributed by atoms with Crippen LogP contribution in [-0.2, 0) is 19.1 Å². The van der Waals surface area contributed by atoms with E-state index in [2.05, 4.69) is 15.5 Å². The first-order valence-electron chi connectivity index (χ1n) is 9.31. The number of rotatable bonds is 5. The minimum atomic E-state index is -0.570. The number of esters is 1. The number of carbonyl (C=O) groups is 3. The number of para-hydroxylation sites is 1. The second-order valence-corrected chi connectivity index (χ2v) is 6.60. The van der Waals surface area contributed by atoms with Gasteiger partial charge in [0.25, 0.3) is 5.91 Å². The monoisotopic (exact) mass is 375 g/mol. The minimum absolute atomic E-state index is 0.190. The van der Waals surface area contributed by atoms with Crippen molar-refractivity contribution in [2.24, 2.45) is 0 Å². The third-order valence-electron chi connectivity index (χ3n) is 4.68. The molecule has 146 valence electrons. The fourth-order valence-electron chi connectivity index (χ4n) is 3.25. The predicted octanol–water partition coefficient (Wildman–Crippen LogP) is 0.465. The van der Waals surface area contributed by atoms with Gasteiger partial charge in [-0.25, -0.2) is 4.79 Å². The highest BCUT2D eigenvalue weighted by Gasteiger charge is 2.24. The summed E-state index contributed by atoms with van der Waals surface area (Å²) >= 11 is 0. The molecule has 0 aliphatic carbocycles. The van der Waals surface area contributed by atoms with Gasteiger partial charge >= 0.3 is 5.97 Å². The van der Waals surface area contributed by atoms with E-state index in [-0.39, 0.29) is 5.91 Å². The molecule has 27 heavy (non-hydrogen) atoms. The number of nitrogens with zero attached hydrogens (tertiary/aromatic N) is 1. The maximum Gasteiger partial charge on any atom is 0.340 e. The summed E-state index contributed by atoms with van der Waals surface area (Å²) in [6, 6.07) is 6.59. The van der Waals surface area contributed by atoms with Crippen LogP contribution in [0.1, 0.15) is 29.6 Å². The van der Waals surface area contributed by atoms with Crippen molar-refractivity contribution < 1.29 is 23.9 Å². The first kappa shape index (κ1) is 19.2. The number of benzene rings is 1. The molecule has 0 saturated carbocycles. The summed E-state index contributed by atoms with van der Waals surface area (Å²) in [5.74, 6) is -1.23. The lowest BCUT2D eigenvalue weighted by Crippen LogP contribution is -2.46. The molecule has 0 aromatic heterocycles. The lowest BCUT2D eigenvalue weighted by molar-refractivity contribution is -0.130. The molecule has 2 aliphatic heterocycles. The van der Waals surface area contributed by atoms with Gasteiger partial charge in [0.2, 0.25) is 5.91 Å². The molecular weight excluding hydrogens is 350 g/mol. The Bertz CT molecular complexity index is 688. The lowest BCUT2D eigenvalue weighted by atomic mass is 10.1. The van der Waals surface area contributed by atoms with Gasteiger partial charge in [0.15, 0.2) is 6.61 Å². The molecule has 1 atom stereocenters. The van der Waals surface area contributed by atoms with Crippen molar-refractivity contribution in [2.45, 2.75) is 25.3 Å². The molecule has 0 spiro atoms. The zero-order valence-electron chi connectivity index (χ0n) is 15.2. The SMILES string of the molecule is O=C(COC(=O)c1ccccc1N1CCOCC1)NC1CCCCNC1=O. The van der Waals surface area contributed by atoms with Gasteiger partial charge in [-0.05, 0) is 31.4 Å². The normalized spacial score (nSPS) is 20.4. The summed E-state index contributed by atoms with van der Waals surface area (Å²) in [6.45, 7) is 2.81. The van der Waals surface area contributed by atoms with Crippen LogP contribution in [-0.4, -0.2) is 63.3 Å². The second kappa shape index (κ2) is 9.36. The molecule has 1 unspecified atom stereocenters. The summed E-state index contributed by atoms with van der Waals surface area (Å²) in [6.07, 6.45) is 2.34. The number of hydrogen-bond acceptors (Lipinski definition) is 6. The zero-order valence-corrected chi connectivity index (χ0v) is 15.2. The lowest BCUT2D eigenvalue weighted by Gasteiger charge is -2.30. The van der Waals surface area contributed by atoms with Crippen molar-refractivity contribution in [3.8, 4) is 0 Å². The fourth-order valence-corrected chi connectivity index (χ4v) is 3.25. The largest absolute Gasteiger partial charge is 0.452 e. The molecular formula is C19H25N3O5. The van der Waals surface area contributed by atoms with Crippen molar-refractivity contribution in [3.05, 3.63) is 29.8 Å². The molecule has 0 bridgehead atoms. The molecule has 1 aromatic carbocycles.